The van der Waals surface area contributed by atoms with Gasteiger partial charge < -0.3 is 10.4 Å². The van der Waals surface area contributed by atoms with Gasteiger partial charge >= 0.3 is 0 Å². The molecule has 18 heavy (non-hydrogen) atoms. The van der Waals surface area contributed by atoms with E-state index >= 15 is 0 Å². The van der Waals surface area contributed by atoms with Crippen molar-refractivity contribution in [3.05, 3.63) is 29.3 Å². The van der Waals surface area contributed by atoms with Crippen LogP contribution in [0.5, 0.6) is 0 Å². The van der Waals surface area contributed by atoms with Crippen molar-refractivity contribution >= 4 is 5.69 Å². The molecule has 0 atom stereocenters. The minimum absolute atomic E-state index is 0.139. The molecule has 1 aromatic rings. The summed E-state index contributed by atoms with van der Waals surface area (Å²) >= 11 is 0. The standard InChI is InChI=1S/C16H25NO/c1-12(2)14-6-5-13(3)15(9-14)17-10-16(11-18)7-4-8-16/h5-6,9,12,17-18H,4,7-8,10-11H2,1-3H3. The predicted octanol–water partition coefficient (Wildman–Crippen LogP) is 3.69. The third-order valence-corrected chi connectivity index (χ3v) is 4.33. The molecule has 0 bridgehead atoms. The summed E-state index contributed by atoms with van der Waals surface area (Å²) in [7, 11) is 0. The minimum Gasteiger partial charge on any atom is -0.396 e. The average molecular weight is 247 g/mol. The van der Waals surface area contributed by atoms with Crippen LogP contribution >= 0.6 is 0 Å². The first kappa shape index (κ1) is 13.4. The summed E-state index contributed by atoms with van der Waals surface area (Å²) < 4.78 is 0. The Bertz CT molecular complexity index is 402. The van der Waals surface area contributed by atoms with Crippen molar-refractivity contribution in [1.29, 1.82) is 0 Å². The Morgan fingerprint density at radius 2 is 2.06 bits per heavy atom. The topological polar surface area (TPSA) is 32.3 Å². The second-order valence-corrected chi connectivity index (χ2v) is 6.09. The van der Waals surface area contributed by atoms with E-state index in [9.17, 15) is 5.11 Å². The molecule has 2 N–H and O–H groups in total. The summed E-state index contributed by atoms with van der Waals surface area (Å²) in [6, 6.07) is 6.64. The molecule has 1 aromatic carbocycles. The van der Waals surface area contributed by atoms with E-state index in [2.05, 4.69) is 44.3 Å². The fourth-order valence-electron chi connectivity index (χ4n) is 2.54. The normalized spacial score (nSPS) is 17.6. The van der Waals surface area contributed by atoms with Crippen molar-refractivity contribution in [2.75, 3.05) is 18.5 Å². The van der Waals surface area contributed by atoms with E-state index in [1.807, 2.05) is 0 Å². The molecule has 1 fully saturated rings. The van der Waals surface area contributed by atoms with E-state index in [1.54, 1.807) is 0 Å². The number of aliphatic hydroxyl groups is 1. The van der Waals surface area contributed by atoms with Crippen LogP contribution in [0.2, 0.25) is 0 Å². The molecule has 0 radical (unpaired) electrons. The Morgan fingerprint density at radius 1 is 1.33 bits per heavy atom. The first-order valence-electron chi connectivity index (χ1n) is 7.02. The number of benzene rings is 1. The van der Waals surface area contributed by atoms with Gasteiger partial charge in [-0.3, -0.25) is 0 Å². The fourth-order valence-corrected chi connectivity index (χ4v) is 2.54. The number of nitrogens with one attached hydrogen (secondary N) is 1. The fraction of sp³-hybridized carbons (Fsp3) is 0.625. The molecule has 1 aliphatic rings. The molecular weight excluding hydrogens is 222 g/mol. The number of aryl methyl sites for hydroxylation is 1. The molecule has 2 nitrogen and oxygen atoms in total. The van der Waals surface area contributed by atoms with Gasteiger partial charge in [-0.15, -0.1) is 0 Å². The van der Waals surface area contributed by atoms with E-state index in [-0.39, 0.29) is 5.41 Å². The molecule has 0 spiro atoms. The van der Waals surface area contributed by atoms with Gasteiger partial charge in [-0.1, -0.05) is 32.4 Å². The molecule has 2 heteroatoms. The maximum absolute atomic E-state index is 9.49. The van der Waals surface area contributed by atoms with E-state index in [0.29, 0.717) is 12.5 Å². The van der Waals surface area contributed by atoms with Crippen molar-refractivity contribution in [1.82, 2.24) is 0 Å². The molecule has 0 amide bonds. The van der Waals surface area contributed by atoms with Gasteiger partial charge in [0.15, 0.2) is 0 Å². The number of hydrogen-bond acceptors (Lipinski definition) is 2. The van der Waals surface area contributed by atoms with Gasteiger partial charge in [0.1, 0.15) is 0 Å². The minimum atomic E-state index is 0.139. The van der Waals surface area contributed by atoms with Crippen molar-refractivity contribution in [3.63, 3.8) is 0 Å². The number of rotatable bonds is 5. The zero-order valence-electron chi connectivity index (χ0n) is 11.8. The smallest absolute Gasteiger partial charge is 0.0504 e. The van der Waals surface area contributed by atoms with Crippen LogP contribution in [0.1, 0.15) is 50.2 Å². The van der Waals surface area contributed by atoms with Crippen LogP contribution in [0, 0.1) is 12.3 Å². The summed E-state index contributed by atoms with van der Waals surface area (Å²) in [5.74, 6) is 0.557. The van der Waals surface area contributed by atoms with E-state index in [0.717, 1.165) is 19.4 Å². The number of anilines is 1. The molecule has 2 rings (SSSR count). The van der Waals surface area contributed by atoms with Crippen molar-refractivity contribution < 1.29 is 5.11 Å². The van der Waals surface area contributed by atoms with E-state index in [4.69, 9.17) is 0 Å². The van der Waals surface area contributed by atoms with Crippen LogP contribution in [0.4, 0.5) is 5.69 Å². The lowest BCUT2D eigenvalue weighted by Gasteiger charge is -2.40. The van der Waals surface area contributed by atoms with Crippen LogP contribution in [0.3, 0.4) is 0 Å². The average Bonchev–Trinajstić information content (AvgIpc) is 2.30. The lowest BCUT2D eigenvalue weighted by Crippen LogP contribution is -2.39. The van der Waals surface area contributed by atoms with Crippen LogP contribution in [0.15, 0.2) is 18.2 Å². The quantitative estimate of drug-likeness (QED) is 0.831. The Hall–Kier alpha value is -1.02. The highest BCUT2D eigenvalue weighted by Crippen LogP contribution is 2.40. The Kier molecular flexibility index (Phi) is 3.96. The van der Waals surface area contributed by atoms with Gasteiger partial charge in [0.25, 0.3) is 0 Å². The maximum Gasteiger partial charge on any atom is 0.0504 e. The van der Waals surface area contributed by atoms with Crippen molar-refractivity contribution in [2.24, 2.45) is 5.41 Å². The van der Waals surface area contributed by atoms with E-state index in [1.165, 1.54) is 23.2 Å². The van der Waals surface area contributed by atoms with Crippen LogP contribution in [-0.4, -0.2) is 18.3 Å². The highest BCUT2D eigenvalue weighted by Gasteiger charge is 2.36. The molecule has 100 valence electrons. The highest BCUT2D eigenvalue weighted by molar-refractivity contribution is 5.53. The third-order valence-electron chi connectivity index (χ3n) is 4.33. The first-order chi connectivity index (χ1) is 8.56. The monoisotopic (exact) mass is 247 g/mol. The van der Waals surface area contributed by atoms with Crippen LogP contribution in [-0.2, 0) is 0 Å². The second-order valence-electron chi connectivity index (χ2n) is 6.09. The van der Waals surface area contributed by atoms with Crippen LogP contribution in [0.25, 0.3) is 0 Å². The highest BCUT2D eigenvalue weighted by atomic mass is 16.3. The van der Waals surface area contributed by atoms with E-state index < -0.39 is 0 Å². The summed E-state index contributed by atoms with van der Waals surface area (Å²) in [5.41, 5.74) is 4.02. The zero-order valence-corrected chi connectivity index (χ0v) is 11.8. The molecule has 0 saturated heterocycles. The van der Waals surface area contributed by atoms with Gasteiger partial charge in [0.2, 0.25) is 0 Å². The molecule has 0 heterocycles. The SMILES string of the molecule is Cc1ccc(C(C)C)cc1NCC1(CO)CCC1. The van der Waals surface area contributed by atoms with Gasteiger partial charge in [0, 0.05) is 17.6 Å². The van der Waals surface area contributed by atoms with Crippen molar-refractivity contribution in [2.45, 2.75) is 46.0 Å². The third kappa shape index (κ3) is 2.69. The summed E-state index contributed by atoms with van der Waals surface area (Å²) in [6.45, 7) is 7.78. The van der Waals surface area contributed by atoms with Crippen LogP contribution < -0.4 is 5.32 Å². The molecule has 0 aromatic heterocycles. The second kappa shape index (κ2) is 5.31. The predicted molar refractivity (Wildman–Crippen MR) is 77.1 cm³/mol. The Balaban J connectivity index is 2.06. The lowest BCUT2D eigenvalue weighted by molar-refractivity contribution is 0.0576. The van der Waals surface area contributed by atoms with Crippen molar-refractivity contribution in [3.8, 4) is 0 Å². The van der Waals surface area contributed by atoms with Gasteiger partial charge in [0.05, 0.1) is 6.61 Å². The molecule has 0 unspecified atom stereocenters. The molecule has 1 aliphatic carbocycles. The Labute approximate surface area is 110 Å². The number of aliphatic hydroxyl groups excluding tert-OH is 1. The maximum atomic E-state index is 9.49. The summed E-state index contributed by atoms with van der Waals surface area (Å²) in [5, 5.41) is 13.0. The number of hydrogen-bond donors (Lipinski definition) is 2. The Morgan fingerprint density at radius 3 is 2.56 bits per heavy atom. The molecular formula is C16H25NO. The summed E-state index contributed by atoms with van der Waals surface area (Å²) in [4.78, 5) is 0. The molecule has 1 saturated carbocycles. The van der Waals surface area contributed by atoms with Gasteiger partial charge in [-0.2, -0.15) is 0 Å². The summed E-state index contributed by atoms with van der Waals surface area (Å²) in [6.07, 6.45) is 3.56. The largest absolute Gasteiger partial charge is 0.396 e. The lowest BCUT2D eigenvalue weighted by atomic mass is 9.69. The van der Waals surface area contributed by atoms with Gasteiger partial charge in [-0.25, -0.2) is 0 Å². The van der Waals surface area contributed by atoms with Gasteiger partial charge in [-0.05, 0) is 42.9 Å². The molecule has 0 aliphatic heterocycles. The zero-order chi connectivity index (χ0) is 13.2. The first-order valence-corrected chi connectivity index (χ1v) is 7.02.